The molecule has 26 valence electrons. The van der Waals surface area contributed by atoms with E-state index in [4.69, 9.17) is 4.79 Å². The van der Waals surface area contributed by atoms with E-state index in [1.165, 1.54) is 0 Å². The Hall–Kier alpha value is 0.906. The van der Waals surface area contributed by atoms with Crippen LogP contribution >= 0.6 is 0 Å². The average Bonchev–Trinajstić information content (AvgIpc) is 0.811. The Morgan fingerprint density at radius 2 is 1.40 bits per heavy atom. The minimum absolute atomic E-state index is 0. The van der Waals surface area contributed by atoms with Crippen molar-refractivity contribution < 1.29 is 4.79 Å². The van der Waals surface area contributed by atoms with E-state index in [1.54, 1.807) is 0 Å². The zero-order valence-electron chi connectivity index (χ0n) is 2.06. The van der Waals surface area contributed by atoms with Crippen molar-refractivity contribution in [1.82, 2.24) is 0 Å². The van der Waals surface area contributed by atoms with Crippen LogP contribution in [0, 0.1) is 0 Å². The first-order chi connectivity index (χ1) is 1.73. The first-order valence-electron chi connectivity index (χ1n) is 0.781. The molecule has 3 nitrogen and oxygen atoms in total. The molecule has 4 N–H and O–H groups in total. The SMILES string of the molecule is NC(N)=O.[KH]. The van der Waals surface area contributed by atoms with Crippen molar-refractivity contribution in [3.05, 3.63) is 0 Å². The third-order valence-electron chi connectivity index (χ3n) is 0. The van der Waals surface area contributed by atoms with E-state index >= 15 is 0 Å². The van der Waals surface area contributed by atoms with Crippen molar-refractivity contribution in [2.75, 3.05) is 0 Å². The van der Waals surface area contributed by atoms with Crippen LogP contribution < -0.4 is 11.5 Å². The van der Waals surface area contributed by atoms with Gasteiger partial charge in [-0.3, -0.25) is 0 Å². The quantitative estimate of drug-likeness (QED) is 0.353. The van der Waals surface area contributed by atoms with Gasteiger partial charge in [-0.25, -0.2) is 4.79 Å². The first-order valence-corrected chi connectivity index (χ1v) is 0.781. The van der Waals surface area contributed by atoms with Gasteiger partial charge in [-0.1, -0.05) is 0 Å². The van der Waals surface area contributed by atoms with Gasteiger partial charge in [0.2, 0.25) is 0 Å². The molecule has 0 aliphatic rings. The number of urea groups is 1. The van der Waals surface area contributed by atoms with E-state index in [9.17, 15) is 0 Å². The number of rotatable bonds is 0. The fraction of sp³-hybridized carbons (Fsp3) is 0. The predicted molar refractivity (Wildman–Crippen MR) is 20.9 cm³/mol. The number of hydrogen-bond acceptors (Lipinski definition) is 1. The van der Waals surface area contributed by atoms with Gasteiger partial charge in [-0.05, 0) is 0 Å². The number of carbonyl (C=O) groups excluding carboxylic acids is 1. The van der Waals surface area contributed by atoms with Crippen LogP contribution in [0.1, 0.15) is 0 Å². The summed E-state index contributed by atoms with van der Waals surface area (Å²) in [6.07, 6.45) is 0. The second-order valence-electron chi connectivity index (χ2n) is 0.402. The normalized spacial score (nSPS) is 4.80. The molecule has 2 amide bonds. The summed E-state index contributed by atoms with van der Waals surface area (Å²) in [7, 11) is 0. The van der Waals surface area contributed by atoms with Crippen molar-refractivity contribution in [1.29, 1.82) is 0 Å². The van der Waals surface area contributed by atoms with Crippen LogP contribution in [0.2, 0.25) is 0 Å². The molecule has 0 aromatic heterocycles. The molecule has 0 radical (unpaired) electrons. The zero-order chi connectivity index (χ0) is 3.58. The van der Waals surface area contributed by atoms with Crippen molar-refractivity contribution in [3.63, 3.8) is 0 Å². The summed E-state index contributed by atoms with van der Waals surface area (Å²) in [5, 5.41) is 0. The van der Waals surface area contributed by atoms with Crippen molar-refractivity contribution in [2.24, 2.45) is 11.5 Å². The van der Waals surface area contributed by atoms with Crippen LogP contribution in [0.15, 0.2) is 0 Å². The average molecular weight is 100 g/mol. The second-order valence-corrected chi connectivity index (χ2v) is 0.402. The van der Waals surface area contributed by atoms with Crippen molar-refractivity contribution in [2.45, 2.75) is 0 Å². The van der Waals surface area contributed by atoms with Crippen LogP contribution in [-0.2, 0) is 0 Å². The molecule has 0 heterocycles. The monoisotopic (exact) mass is 100 g/mol. The van der Waals surface area contributed by atoms with Gasteiger partial charge < -0.3 is 11.5 Å². The molecule has 0 aliphatic carbocycles. The summed E-state index contributed by atoms with van der Waals surface area (Å²) >= 11 is 0. The van der Waals surface area contributed by atoms with Gasteiger partial charge in [-0.15, -0.1) is 0 Å². The molecule has 0 fully saturated rings. The fourth-order valence-electron chi connectivity index (χ4n) is 0. The van der Waals surface area contributed by atoms with E-state index in [1.807, 2.05) is 0 Å². The number of amides is 2. The van der Waals surface area contributed by atoms with E-state index in [-0.39, 0.29) is 51.4 Å². The van der Waals surface area contributed by atoms with E-state index in [0.29, 0.717) is 0 Å². The van der Waals surface area contributed by atoms with Crippen LogP contribution in [0.5, 0.6) is 0 Å². The van der Waals surface area contributed by atoms with Crippen LogP contribution in [0.4, 0.5) is 4.79 Å². The molecule has 0 spiro atoms. The van der Waals surface area contributed by atoms with Crippen LogP contribution in [0.25, 0.3) is 0 Å². The Balaban J connectivity index is 0. The topological polar surface area (TPSA) is 69.1 Å². The molecule has 0 atom stereocenters. The molecule has 4 heteroatoms. The Kier molecular flexibility index (Phi) is 9.14. The third kappa shape index (κ3) is 50.4. The number of nitrogens with two attached hydrogens (primary N) is 2. The Labute approximate surface area is 72.5 Å². The summed E-state index contributed by atoms with van der Waals surface area (Å²) < 4.78 is 0. The van der Waals surface area contributed by atoms with Gasteiger partial charge in [0.05, 0.1) is 0 Å². The summed E-state index contributed by atoms with van der Waals surface area (Å²) in [6, 6.07) is -0.833. The minimum atomic E-state index is -0.833. The van der Waals surface area contributed by atoms with Crippen LogP contribution in [0.3, 0.4) is 0 Å². The Bertz CT molecular complexity index is 32.6. The number of hydrogen-bond donors (Lipinski definition) is 2. The van der Waals surface area contributed by atoms with Gasteiger partial charge in [0.25, 0.3) is 0 Å². The maximum absolute atomic E-state index is 9.00. The number of primary amides is 2. The van der Waals surface area contributed by atoms with Gasteiger partial charge in [-0.2, -0.15) is 0 Å². The van der Waals surface area contributed by atoms with E-state index in [0.717, 1.165) is 0 Å². The second kappa shape index (κ2) is 4.91. The van der Waals surface area contributed by atoms with E-state index in [2.05, 4.69) is 11.5 Å². The summed E-state index contributed by atoms with van der Waals surface area (Å²) in [5.74, 6) is 0. The van der Waals surface area contributed by atoms with Gasteiger partial charge in [0.1, 0.15) is 0 Å². The molecule has 0 saturated heterocycles. The van der Waals surface area contributed by atoms with Gasteiger partial charge in [0.15, 0.2) is 0 Å². The predicted octanol–water partition coefficient (Wildman–Crippen LogP) is -1.62. The first kappa shape index (κ1) is 9.32. The standard InChI is InChI=1S/CH4N2O.K.H/c2-1(3)4;;/h(H4,2,3,4);;. The third-order valence-corrected chi connectivity index (χ3v) is 0. The maximum atomic E-state index is 9.00. The van der Waals surface area contributed by atoms with E-state index < -0.39 is 6.03 Å². The molecule has 0 unspecified atom stereocenters. The molecule has 5 heavy (non-hydrogen) atoms. The summed E-state index contributed by atoms with van der Waals surface area (Å²) in [5.41, 5.74) is 8.50. The molecular weight excluding hydrogens is 95.1 g/mol. The molecule has 0 bridgehead atoms. The molecular formula is CH5KN2O. The zero-order valence-corrected chi connectivity index (χ0v) is 2.06. The van der Waals surface area contributed by atoms with Gasteiger partial charge >= 0.3 is 57.4 Å². The summed E-state index contributed by atoms with van der Waals surface area (Å²) in [6.45, 7) is 0. The molecule has 0 saturated carbocycles. The Morgan fingerprint density at radius 3 is 1.40 bits per heavy atom. The fourth-order valence-corrected chi connectivity index (χ4v) is 0. The molecule has 0 aromatic rings. The number of carbonyl (C=O) groups is 1. The molecule has 0 aliphatic heterocycles. The van der Waals surface area contributed by atoms with Crippen molar-refractivity contribution >= 4 is 57.4 Å². The van der Waals surface area contributed by atoms with Crippen LogP contribution in [-0.4, -0.2) is 57.4 Å². The molecule has 0 rings (SSSR count). The van der Waals surface area contributed by atoms with Gasteiger partial charge in [0, 0.05) is 0 Å². The molecule has 0 aromatic carbocycles. The Morgan fingerprint density at radius 1 is 1.40 bits per heavy atom. The van der Waals surface area contributed by atoms with Crippen molar-refractivity contribution in [3.8, 4) is 0 Å². The summed E-state index contributed by atoms with van der Waals surface area (Å²) in [4.78, 5) is 9.00.